The molecule has 2 aromatic rings. The lowest BCUT2D eigenvalue weighted by Crippen LogP contribution is -2.52. The number of fused-ring (bicyclic) bond motifs is 2. The molecule has 2 fully saturated rings. The normalized spacial score (nSPS) is 28.2. The summed E-state index contributed by atoms with van der Waals surface area (Å²) in [5, 5.41) is 11.4. The molecule has 2 bridgehead atoms. The van der Waals surface area contributed by atoms with E-state index in [9.17, 15) is 9.90 Å². The van der Waals surface area contributed by atoms with Crippen LogP contribution >= 0.6 is 11.3 Å². The van der Waals surface area contributed by atoms with E-state index in [0.29, 0.717) is 23.6 Å². The number of piperidine rings is 1. The van der Waals surface area contributed by atoms with Crippen LogP contribution in [0.25, 0.3) is 0 Å². The highest BCUT2D eigenvalue weighted by atomic mass is 32.1. The van der Waals surface area contributed by atoms with Crippen molar-refractivity contribution in [3.8, 4) is 5.88 Å². The first-order chi connectivity index (χ1) is 12.0. The molecule has 2 aliphatic heterocycles. The molecule has 4 rings (SSSR count). The molecule has 1 N–H and O–H groups in total. The number of hydrogen-bond acceptors (Lipinski definition) is 6. The first-order valence-corrected chi connectivity index (χ1v) is 9.36. The number of rotatable bonds is 3. The van der Waals surface area contributed by atoms with Crippen LogP contribution in [0.4, 0.5) is 0 Å². The average Bonchev–Trinajstić information content (AvgIpc) is 3.16. The number of hydrogen-bond donors (Lipinski definition) is 1. The quantitative estimate of drug-likeness (QED) is 0.911. The minimum Gasteiger partial charge on any atom is -0.481 e. The molecular weight excluding hydrogens is 338 g/mol. The molecule has 0 aromatic carbocycles. The summed E-state index contributed by atoms with van der Waals surface area (Å²) in [6.07, 6.45) is 4.51. The third kappa shape index (κ3) is 2.62. The number of nitrogens with zero attached hydrogens (tertiary/aromatic N) is 3. The fraction of sp³-hybridized carbons (Fsp3) is 0.500. The van der Waals surface area contributed by atoms with Gasteiger partial charge in [-0.1, -0.05) is 0 Å². The molecule has 0 radical (unpaired) electrons. The van der Waals surface area contributed by atoms with Gasteiger partial charge in [-0.3, -0.25) is 4.79 Å². The average molecular weight is 359 g/mol. The van der Waals surface area contributed by atoms with Gasteiger partial charge in [0.05, 0.1) is 23.9 Å². The molecule has 0 saturated carbocycles. The molecule has 2 atom stereocenters. The van der Waals surface area contributed by atoms with Crippen molar-refractivity contribution in [3.05, 3.63) is 40.0 Å². The van der Waals surface area contributed by atoms with Crippen LogP contribution in [0.2, 0.25) is 0 Å². The number of carbonyl (C=O) groups excluding carboxylic acids is 1. The van der Waals surface area contributed by atoms with E-state index >= 15 is 0 Å². The number of amides is 1. The Labute approximate surface area is 150 Å². The molecule has 2 aromatic heterocycles. The third-order valence-corrected chi connectivity index (χ3v) is 6.32. The summed E-state index contributed by atoms with van der Waals surface area (Å²) in [6.45, 7) is 1.87. The van der Waals surface area contributed by atoms with Gasteiger partial charge in [-0.25, -0.2) is 9.97 Å². The molecule has 132 valence electrons. The zero-order chi connectivity index (χ0) is 17.6. The number of ether oxygens (including phenoxy) is 1. The molecule has 2 saturated heterocycles. The fourth-order valence-electron chi connectivity index (χ4n) is 4.31. The summed E-state index contributed by atoms with van der Waals surface area (Å²) < 4.78 is 5.35. The third-order valence-electron chi connectivity index (χ3n) is 5.41. The maximum atomic E-state index is 13.0. The van der Waals surface area contributed by atoms with Crippen molar-refractivity contribution < 1.29 is 14.6 Å². The lowest BCUT2D eigenvalue weighted by Gasteiger charge is -2.44. The van der Waals surface area contributed by atoms with Crippen LogP contribution in [-0.2, 0) is 5.60 Å². The monoisotopic (exact) mass is 359 g/mol. The minimum absolute atomic E-state index is 0.0302. The van der Waals surface area contributed by atoms with E-state index in [1.165, 1.54) is 11.3 Å². The summed E-state index contributed by atoms with van der Waals surface area (Å²) in [5.74, 6) is 0.509. The van der Waals surface area contributed by atoms with Crippen molar-refractivity contribution in [1.29, 1.82) is 0 Å². The second-order valence-corrected chi connectivity index (χ2v) is 7.72. The zero-order valence-corrected chi connectivity index (χ0v) is 15.1. The van der Waals surface area contributed by atoms with E-state index < -0.39 is 5.60 Å². The summed E-state index contributed by atoms with van der Waals surface area (Å²) in [4.78, 5) is 24.1. The van der Waals surface area contributed by atoms with Crippen LogP contribution in [0.3, 0.4) is 0 Å². The van der Waals surface area contributed by atoms with Crippen molar-refractivity contribution in [3.63, 3.8) is 0 Å². The Morgan fingerprint density at radius 2 is 2.08 bits per heavy atom. The Bertz CT molecular complexity index is 792. The number of aliphatic hydroxyl groups is 1. The van der Waals surface area contributed by atoms with Crippen molar-refractivity contribution in [1.82, 2.24) is 14.9 Å². The molecule has 7 heteroatoms. The van der Waals surface area contributed by atoms with Gasteiger partial charge in [0.1, 0.15) is 4.88 Å². The van der Waals surface area contributed by atoms with Crippen LogP contribution in [-0.4, -0.2) is 45.1 Å². The SMILES string of the molecule is COc1ncccc1C1(O)C[C@@H]2CC[C@@H](C1)N2C(=O)c1scnc1C. The van der Waals surface area contributed by atoms with E-state index in [1.807, 2.05) is 24.0 Å². The number of methoxy groups -OCH3 is 1. The van der Waals surface area contributed by atoms with Crippen molar-refractivity contribution >= 4 is 17.2 Å². The van der Waals surface area contributed by atoms with E-state index in [-0.39, 0.29) is 18.0 Å². The van der Waals surface area contributed by atoms with Gasteiger partial charge in [0.2, 0.25) is 5.88 Å². The van der Waals surface area contributed by atoms with Gasteiger partial charge in [-0.05, 0) is 31.9 Å². The Balaban J connectivity index is 1.64. The van der Waals surface area contributed by atoms with Crippen LogP contribution in [0.1, 0.15) is 46.6 Å². The highest BCUT2D eigenvalue weighted by Gasteiger charge is 2.51. The van der Waals surface area contributed by atoms with Gasteiger partial charge in [0.15, 0.2) is 0 Å². The molecule has 0 aliphatic carbocycles. The maximum absolute atomic E-state index is 13.0. The largest absolute Gasteiger partial charge is 0.481 e. The molecule has 25 heavy (non-hydrogen) atoms. The Hall–Kier alpha value is -1.99. The van der Waals surface area contributed by atoms with E-state index in [1.54, 1.807) is 18.8 Å². The van der Waals surface area contributed by atoms with Gasteiger partial charge in [-0.2, -0.15) is 0 Å². The van der Waals surface area contributed by atoms with Crippen molar-refractivity contribution in [2.45, 2.75) is 50.3 Å². The van der Waals surface area contributed by atoms with Gasteiger partial charge in [-0.15, -0.1) is 11.3 Å². The van der Waals surface area contributed by atoms with Gasteiger partial charge in [0.25, 0.3) is 5.91 Å². The lowest BCUT2D eigenvalue weighted by atomic mass is 9.80. The van der Waals surface area contributed by atoms with Gasteiger partial charge in [0, 0.05) is 36.7 Å². The highest BCUT2D eigenvalue weighted by molar-refractivity contribution is 7.11. The Morgan fingerprint density at radius 3 is 2.68 bits per heavy atom. The van der Waals surface area contributed by atoms with Gasteiger partial charge >= 0.3 is 0 Å². The van der Waals surface area contributed by atoms with Crippen LogP contribution in [0, 0.1) is 6.92 Å². The number of thiazole rings is 1. The Kier molecular flexibility index (Phi) is 4.00. The highest BCUT2D eigenvalue weighted by Crippen LogP contribution is 2.48. The number of aryl methyl sites for hydroxylation is 1. The molecule has 6 nitrogen and oxygen atoms in total. The Morgan fingerprint density at radius 1 is 1.36 bits per heavy atom. The van der Waals surface area contributed by atoms with E-state index in [0.717, 1.165) is 24.1 Å². The molecule has 1 amide bonds. The van der Waals surface area contributed by atoms with Crippen molar-refractivity contribution in [2.75, 3.05) is 7.11 Å². The van der Waals surface area contributed by atoms with Crippen molar-refractivity contribution in [2.24, 2.45) is 0 Å². The smallest absolute Gasteiger partial charge is 0.266 e. The number of pyridine rings is 1. The van der Waals surface area contributed by atoms with E-state index in [2.05, 4.69) is 9.97 Å². The van der Waals surface area contributed by atoms with Crippen LogP contribution in [0.5, 0.6) is 5.88 Å². The molecule has 4 heterocycles. The maximum Gasteiger partial charge on any atom is 0.266 e. The molecule has 0 spiro atoms. The summed E-state index contributed by atoms with van der Waals surface area (Å²) >= 11 is 1.39. The predicted octanol–water partition coefficient (Wildman–Crippen LogP) is 2.51. The molecule has 2 aliphatic rings. The topological polar surface area (TPSA) is 75.6 Å². The second kappa shape index (κ2) is 6.07. The first-order valence-electron chi connectivity index (χ1n) is 8.48. The van der Waals surface area contributed by atoms with Gasteiger partial charge < -0.3 is 14.7 Å². The molecular formula is C18H21N3O3S. The number of aromatic nitrogens is 2. The van der Waals surface area contributed by atoms with E-state index in [4.69, 9.17) is 4.74 Å². The second-order valence-electron chi connectivity index (χ2n) is 6.86. The lowest BCUT2D eigenvalue weighted by molar-refractivity contribution is -0.0493. The van der Waals surface area contributed by atoms with Crippen LogP contribution in [0.15, 0.2) is 23.8 Å². The summed E-state index contributed by atoms with van der Waals surface area (Å²) in [5.41, 5.74) is 2.20. The summed E-state index contributed by atoms with van der Waals surface area (Å²) in [6, 6.07) is 3.75. The molecule has 0 unspecified atom stereocenters. The minimum atomic E-state index is -1.01. The van der Waals surface area contributed by atoms with Crippen LogP contribution < -0.4 is 4.74 Å². The zero-order valence-electron chi connectivity index (χ0n) is 14.3. The first kappa shape index (κ1) is 16.5. The summed E-state index contributed by atoms with van der Waals surface area (Å²) in [7, 11) is 1.56. The number of carbonyl (C=O) groups is 1. The standard InChI is InChI=1S/C18H21N3O3S/c1-11-15(25-10-20-11)17(22)21-12-5-6-13(21)9-18(23,8-12)14-4-3-7-19-16(14)24-2/h3-4,7,10,12-13,23H,5-6,8-9H2,1-2H3/t12-,13-/m0/s1. The fourth-order valence-corrected chi connectivity index (χ4v) is 5.05. The predicted molar refractivity (Wildman–Crippen MR) is 93.8 cm³/mol.